The minimum atomic E-state index is 0.773. The molecular weight excluding hydrogens is 326 g/mol. The fourth-order valence-corrected chi connectivity index (χ4v) is 3.15. The summed E-state index contributed by atoms with van der Waals surface area (Å²) in [6.07, 6.45) is 7.03. The van der Waals surface area contributed by atoms with Gasteiger partial charge in [-0.2, -0.15) is 0 Å². The van der Waals surface area contributed by atoms with E-state index >= 15 is 0 Å². The molecule has 0 bridgehead atoms. The normalized spacial score (nSPS) is 14.5. The first-order valence-corrected chi connectivity index (χ1v) is 8.74. The molecule has 3 aromatic heterocycles. The van der Waals surface area contributed by atoms with Crippen molar-refractivity contribution in [1.82, 2.24) is 24.9 Å². The average Bonchev–Trinajstić information content (AvgIpc) is 2.71. The van der Waals surface area contributed by atoms with E-state index in [0.29, 0.717) is 0 Å². The highest BCUT2D eigenvalue weighted by Gasteiger charge is 2.22. The summed E-state index contributed by atoms with van der Waals surface area (Å²) in [5.74, 6) is 1.80. The third-order valence-corrected chi connectivity index (χ3v) is 4.79. The second kappa shape index (κ2) is 7.03. The highest BCUT2D eigenvalue weighted by Crippen LogP contribution is 2.22. The van der Waals surface area contributed by atoms with Gasteiger partial charge in [-0.1, -0.05) is 0 Å². The van der Waals surface area contributed by atoms with Crippen LogP contribution in [0.4, 0.5) is 11.8 Å². The fraction of sp³-hybridized carbons (Fsp3) is 0.316. The van der Waals surface area contributed by atoms with Crippen LogP contribution in [-0.4, -0.2) is 51.1 Å². The van der Waals surface area contributed by atoms with E-state index in [9.17, 15) is 0 Å². The van der Waals surface area contributed by atoms with Crippen LogP contribution in [0.3, 0.4) is 0 Å². The molecule has 1 fully saturated rings. The van der Waals surface area contributed by atoms with E-state index in [1.165, 1.54) is 0 Å². The zero-order valence-corrected chi connectivity index (χ0v) is 15.0. The Morgan fingerprint density at radius 2 is 1.54 bits per heavy atom. The Morgan fingerprint density at radius 1 is 0.808 bits per heavy atom. The summed E-state index contributed by atoms with van der Waals surface area (Å²) in [6.45, 7) is 7.61. The Bertz CT molecular complexity index is 889. The molecule has 0 spiro atoms. The third kappa shape index (κ3) is 3.20. The predicted octanol–water partition coefficient (Wildman–Crippen LogP) is 2.27. The average molecular weight is 347 g/mol. The van der Waals surface area contributed by atoms with E-state index in [2.05, 4.69) is 36.7 Å². The number of rotatable bonds is 3. The molecule has 26 heavy (non-hydrogen) atoms. The van der Waals surface area contributed by atoms with Crippen LogP contribution < -0.4 is 9.80 Å². The maximum atomic E-state index is 4.74. The zero-order valence-electron chi connectivity index (χ0n) is 15.0. The molecule has 1 aliphatic heterocycles. The van der Waals surface area contributed by atoms with Crippen LogP contribution >= 0.6 is 0 Å². The number of anilines is 2. The summed E-state index contributed by atoms with van der Waals surface area (Å²) in [6, 6.07) is 5.86. The molecule has 132 valence electrons. The van der Waals surface area contributed by atoms with E-state index in [-0.39, 0.29) is 0 Å². The van der Waals surface area contributed by atoms with Gasteiger partial charge in [-0.15, -0.1) is 0 Å². The van der Waals surface area contributed by atoms with Crippen molar-refractivity contribution < 1.29 is 0 Å². The lowest BCUT2D eigenvalue weighted by molar-refractivity contribution is 0.632. The van der Waals surface area contributed by atoms with Gasteiger partial charge in [-0.05, 0) is 32.0 Å². The van der Waals surface area contributed by atoms with E-state index in [1.807, 2.05) is 31.3 Å². The molecule has 0 aliphatic carbocycles. The minimum Gasteiger partial charge on any atom is -0.353 e. The van der Waals surface area contributed by atoms with Gasteiger partial charge in [0.2, 0.25) is 5.95 Å². The maximum absolute atomic E-state index is 4.74. The number of aromatic nitrogens is 5. The number of hydrogen-bond donors (Lipinski definition) is 0. The van der Waals surface area contributed by atoms with E-state index in [0.717, 1.165) is 60.5 Å². The Hall–Kier alpha value is -3.09. The Balaban J connectivity index is 1.49. The first kappa shape index (κ1) is 16.4. The van der Waals surface area contributed by atoms with Crippen molar-refractivity contribution in [2.75, 3.05) is 36.0 Å². The maximum Gasteiger partial charge on any atom is 0.225 e. The number of aryl methyl sites for hydroxylation is 1. The molecule has 0 atom stereocenters. The highest BCUT2D eigenvalue weighted by molar-refractivity contribution is 5.59. The van der Waals surface area contributed by atoms with Gasteiger partial charge < -0.3 is 9.80 Å². The predicted molar refractivity (Wildman–Crippen MR) is 101 cm³/mol. The summed E-state index contributed by atoms with van der Waals surface area (Å²) >= 11 is 0. The number of nitrogens with zero attached hydrogens (tertiary/aromatic N) is 7. The molecule has 1 saturated heterocycles. The first-order chi connectivity index (χ1) is 12.7. The lowest BCUT2D eigenvalue weighted by atomic mass is 10.2. The summed E-state index contributed by atoms with van der Waals surface area (Å²) in [5, 5.41) is 0. The molecule has 0 aromatic carbocycles. The van der Waals surface area contributed by atoms with Gasteiger partial charge in [0.25, 0.3) is 0 Å². The lowest BCUT2D eigenvalue weighted by Gasteiger charge is -2.36. The number of hydrogen-bond acceptors (Lipinski definition) is 7. The minimum absolute atomic E-state index is 0.773. The number of pyridine rings is 1. The van der Waals surface area contributed by atoms with Gasteiger partial charge >= 0.3 is 0 Å². The lowest BCUT2D eigenvalue weighted by Crippen LogP contribution is -2.47. The zero-order chi connectivity index (χ0) is 17.9. The molecule has 0 unspecified atom stereocenters. The second-order valence-corrected chi connectivity index (χ2v) is 6.36. The molecule has 0 saturated carbocycles. The second-order valence-electron chi connectivity index (χ2n) is 6.36. The quantitative estimate of drug-likeness (QED) is 0.720. The van der Waals surface area contributed by atoms with Gasteiger partial charge in [0, 0.05) is 61.6 Å². The van der Waals surface area contributed by atoms with Gasteiger partial charge in [0.15, 0.2) is 0 Å². The Kier molecular flexibility index (Phi) is 4.43. The van der Waals surface area contributed by atoms with Crippen molar-refractivity contribution in [3.8, 4) is 11.3 Å². The van der Waals surface area contributed by atoms with Crippen LogP contribution in [0.1, 0.15) is 11.3 Å². The van der Waals surface area contributed by atoms with Crippen LogP contribution in [0.5, 0.6) is 0 Å². The van der Waals surface area contributed by atoms with Gasteiger partial charge in [0.05, 0.1) is 5.69 Å². The van der Waals surface area contributed by atoms with Crippen LogP contribution in [0.2, 0.25) is 0 Å². The van der Waals surface area contributed by atoms with Crippen molar-refractivity contribution in [3.63, 3.8) is 0 Å². The first-order valence-electron chi connectivity index (χ1n) is 8.74. The molecular formula is C19H21N7. The smallest absolute Gasteiger partial charge is 0.225 e. The molecule has 4 rings (SSSR count). The van der Waals surface area contributed by atoms with Crippen LogP contribution in [0, 0.1) is 13.8 Å². The van der Waals surface area contributed by atoms with E-state index in [1.54, 1.807) is 18.7 Å². The highest BCUT2D eigenvalue weighted by atomic mass is 15.3. The van der Waals surface area contributed by atoms with Crippen LogP contribution in [-0.2, 0) is 0 Å². The summed E-state index contributed by atoms with van der Waals surface area (Å²) in [7, 11) is 0. The van der Waals surface area contributed by atoms with Crippen LogP contribution in [0.25, 0.3) is 11.3 Å². The molecule has 0 radical (unpaired) electrons. The van der Waals surface area contributed by atoms with Crippen molar-refractivity contribution in [1.29, 1.82) is 0 Å². The fourth-order valence-electron chi connectivity index (χ4n) is 3.15. The van der Waals surface area contributed by atoms with Crippen molar-refractivity contribution in [2.24, 2.45) is 0 Å². The third-order valence-electron chi connectivity index (χ3n) is 4.79. The Labute approximate surface area is 152 Å². The van der Waals surface area contributed by atoms with Crippen molar-refractivity contribution >= 4 is 11.8 Å². The van der Waals surface area contributed by atoms with E-state index < -0.39 is 0 Å². The van der Waals surface area contributed by atoms with Crippen molar-refractivity contribution in [2.45, 2.75) is 13.8 Å². The SMILES string of the molecule is Cc1ncnc(N2CCN(c3nccc(-c4ccncc4)n3)CC2)c1C. The molecule has 1 aliphatic rings. The van der Waals surface area contributed by atoms with Gasteiger partial charge in [0.1, 0.15) is 12.1 Å². The molecule has 7 heteroatoms. The summed E-state index contributed by atoms with van der Waals surface area (Å²) < 4.78 is 0. The molecule has 7 nitrogen and oxygen atoms in total. The van der Waals surface area contributed by atoms with E-state index in [4.69, 9.17) is 4.98 Å². The van der Waals surface area contributed by atoms with Gasteiger partial charge in [-0.25, -0.2) is 19.9 Å². The molecule has 0 N–H and O–H groups in total. The summed E-state index contributed by atoms with van der Waals surface area (Å²) in [4.78, 5) is 26.6. The van der Waals surface area contributed by atoms with Crippen molar-refractivity contribution in [3.05, 3.63) is 54.4 Å². The summed E-state index contributed by atoms with van der Waals surface area (Å²) in [5.41, 5.74) is 4.15. The molecule has 0 amide bonds. The standard InChI is InChI=1S/C19H21N7/c1-14-15(2)22-13-23-18(14)25-9-11-26(12-10-25)19-21-8-5-17(24-19)16-3-6-20-7-4-16/h3-8,13H,9-12H2,1-2H3. The number of piperazine rings is 1. The molecule has 4 heterocycles. The molecule has 3 aromatic rings. The largest absolute Gasteiger partial charge is 0.353 e. The van der Waals surface area contributed by atoms with Crippen LogP contribution in [0.15, 0.2) is 43.1 Å². The van der Waals surface area contributed by atoms with Gasteiger partial charge in [-0.3, -0.25) is 4.98 Å². The monoisotopic (exact) mass is 347 g/mol. The topological polar surface area (TPSA) is 70.9 Å². The Morgan fingerprint density at radius 3 is 2.31 bits per heavy atom.